The van der Waals surface area contributed by atoms with Crippen LogP contribution in [-0.2, 0) is 16.0 Å². The molecule has 0 radical (unpaired) electrons. The van der Waals surface area contributed by atoms with Gasteiger partial charge in [0, 0.05) is 5.69 Å². The standard InChI is InChI=1S/C21H19N3O3/c1-27-21(26)16-8-5-9-17(13-16)23-19-11-10-18(14-22-19)24-20(25)12-15-6-3-2-4-7-15/h2-11,13-14H,12H2,1H3,(H,22,23)(H,24,25). The maximum Gasteiger partial charge on any atom is 0.337 e. The SMILES string of the molecule is COC(=O)c1cccc(Nc2ccc(NC(=O)Cc3ccccc3)cn2)c1. The molecule has 0 atom stereocenters. The number of anilines is 3. The number of benzene rings is 2. The predicted octanol–water partition coefficient (Wildman–Crippen LogP) is 3.79. The minimum Gasteiger partial charge on any atom is -0.465 e. The molecule has 3 aromatic rings. The highest BCUT2D eigenvalue weighted by molar-refractivity contribution is 5.92. The molecule has 0 aliphatic heterocycles. The van der Waals surface area contributed by atoms with Crippen molar-refractivity contribution in [1.29, 1.82) is 0 Å². The number of ether oxygens (including phenoxy) is 1. The second-order valence-electron chi connectivity index (χ2n) is 5.84. The average molecular weight is 361 g/mol. The molecule has 2 N–H and O–H groups in total. The fraction of sp³-hybridized carbons (Fsp3) is 0.0952. The summed E-state index contributed by atoms with van der Waals surface area (Å²) in [7, 11) is 1.34. The minimum absolute atomic E-state index is 0.102. The summed E-state index contributed by atoms with van der Waals surface area (Å²) >= 11 is 0. The number of esters is 1. The molecular formula is C21H19N3O3. The van der Waals surface area contributed by atoms with E-state index in [1.807, 2.05) is 36.4 Å². The summed E-state index contributed by atoms with van der Waals surface area (Å²) in [6.07, 6.45) is 1.89. The van der Waals surface area contributed by atoms with E-state index >= 15 is 0 Å². The zero-order valence-corrected chi connectivity index (χ0v) is 14.8. The third kappa shape index (κ3) is 5.15. The number of hydrogen-bond acceptors (Lipinski definition) is 5. The number of amides is 1. The van der Waals surface area contributed by atoms with Gasteiger partial charge in [0.2, 0.25) is 5.91 Å². The fourth-order valence-corrected chi connectivity index (χ4v) is 2.52. The highest BCUT2D eigenvalue weighted by Gasteiger charge is 2.07. The van der Waals surface area contributed by atoms with Crippen molar-refractivity contribution in [2.45, 2.75) is 6.42 Å². The number of rotatable bonds is 6. The number of pyridine rings is 1. The zero-order valence-electron chi connectivity index (χ0n) is 14.8. The Morgan fingerprint density at radius 1 is 0.963 bits per heavy atom. The van der Waals surface area contributed by atoms with E-state index in [1.165, 1.54) is 7.11 Å². The quantitative estimate of drug-likeness (QED) is 0.653. The molecule has 1 heterocycles. The van der Waals surface area contributed by atoms with Crippen molar-refractivity contribution in [3.63, 3.8) is 0 Å². The van der Waals surface area contributed by atoms with E-state index in [1.54, 1.807) is 36.5 Å². The van der Waals surface area contributed by atoms with Crippen molar-refractivity contribution >= 4 is 29.1 Å². The highest BCUT2D eigenvalue weighted by Crippen LogP contribution is 2.18. The van der Waals surface area contributed by atoms with Crippen LogP contribution in [0.15, 0.2) is 72.9 Å². The third-order valence-corrected chi connectivity index (χ3v) is 3.81. The minimum atomic E-state index is -0.400. The second kappa shape index (κ2) is 8.62. The van der Waals surface area contributed by atoms with Crippen LogP contribution in [-0.4, -0.2) is 24.0 Å². The first-order chi connectivity index (χ1) is 13.1. The molecule has 0 aliphatic carbocycles. The van der Waals surface area contributed by atoms with E-state index in [4.69, 9.17) is 4.74 Å². The summed E-state index contributed by atoms with van der Waals surface area (Å²) in [6.45, 7) is 0. The van der Waals surface area contributed by atoms with Crippen LogP contribution in [0.5, 0.6) is 0 Å². The van der Waals surface area contributed by atoms with Crippen molar-refractivity contribution in [2.24, 2.45) is 0 Å². The number of carbonyl (C=O) groups is 2. The van der Waals surface area contributed by atoms with E-state index in [9.17, 15) is 9.59 Å². The van der Waals surface area contributed by atoms with Gasteiger partial charge in [0.25, 0.3) is 0 Å². The zero-order chi connectivity index (χ0) is 19.1. The van der Waals surface area contributed by atoms with E-state index in [-0.39, 0.29) is 5.91 Å². The summed E-state index contributed by atoms with van der Waals surface area (Å²) in [6, 6.07) is 20.0. The lowest BCUT2D eigenvalue weighted by molar-refractivity contribution is -0.115. The second-order valence-corrected chi connectivity index (χ2v) is 5.84. The third-order valence-electron chi connectivity index (χ3n) is 3.81. The average Bonchev–Trinajstić information content (AvgIpc) is 2.70. The molecule has 27 heavy (non-hydrogen) atoms. The molecule has 0 aliphatic rings. The van der Waals surface area contributed by atoms with E-state index in [0.717, 1.165) is 5.56 Å². The van der Waals surface area contributed by atoms with Gasteiger partial charge in [-0.05, 0) is 35.9 Å². The normalized spacial score (nSPS) is 10.1. The molecule has 0 bridgehead atoms. The van der Waals surface area contributed by atoms with Crippen molar-refractivity contribution in [1.82, 2.24) is 4.98 Å². The Hall–Kier alpha value is -3.67. The Kier molecular flexibility index (Phi) is 5.79. The van der Waals surface area contributed by atoms with Crippen molar-refractivity contribution in [3.8, 4) is 0 Å². The van der Waals surface area contributed by atoms with Crippen LogP contribution in [0.1, 0.15) is 15.9 Å². The van der Waals surface area contributed by atoms with Crippen LogP contribution >= 0.6 is 0 Å². The smallest absolute Gasteiger partial charge is 0.337 e. The largest absolute Gasteiger partial charge is 0.465 e. The molecular weight excluding hydrogens is 342 g/mol. The van der Waals surface area contributed by atoms with Gasteiger partial charge in [-0.15, -0.1) is 0 Å². The first-order valence-corrected chi connectivity index (χ1v) is 8.39. The predicted molar refractivity (Wildman–Crippen MR) is 104 cm³/mol. The molecule has 6 nitrogen and oxygen atoms in total. The lowest BCUT2D eigenvalue weighted by atomic mass is 10.1. The molecule has 0 spiro atoms. The highest BCUT2D eigenvalue weighted by atomic mass is 16.5. The van der Waals surface area contributed by atoms with Crippen LogP contribution in [0.4, 0.5) is 17.2 Å². The van der Waals surface area contributed by atoms with Gasteiger partial charge in [0.15, 0.2) is 0 Å². The van der Waals surface area contributed by atoms with Gasteiger partial charge in [0.05, 0.1) is 31.0 Å². The van der Waals surface area contributed by atoms with Crippen LogP contribution in [0.2, 0.25) is 0 Å². The summed E-state index contributed by atoms with van der Waals surface area (Å²) in [5.74, 6) is 0.0932. The van der Waals surface area contributed by atoms with Gasteiger partial charge in [-0.2, -0.15) is 0 Å². The van der Waals surface area contributed by atoms with Crippen molar-refractivity contribution in [3.05, 3.63) is 84.1 Å². The molecule has 0 saturated heterocycles. The summed E-state index contributed by atoms with van der Waals surface area (Å²) in [5.41, 5.74) is 2.73. The molecule has 1 aromatic heterocycles. The van der Waals surface area contributed by atoms with Gasteiger partial charge >= 0.3 is 5.97 Å². The van der Waals surface area contributed by atoms with Gasteiger partial charge in [-0.1, -0.05) is 36.4 Å². The lowest BCUT2D eigenvalue weighted by Gasteiger charge is -2.09. The van der Waals surface area contributed by atoms with E-state index in [0.29, 0.717) is 29.2 Å². The van der Waals surface area contributed by atoms with Crippen LogP contribution in [0.25, 0.3) is 0 Å². The van der Waals surface area contributed by atoms with E-state index < -0.39 is 5.97 Å². The summed E-state index contributed by atoms with van der Waals surface area (Å²) < 4.78 is 4.71. The van der Waals surface area contributed by atoms with E-state index in [2.05, 4.69) is 15.6 Å². The maximum atomic E-state index is 12.1. The monoisotopic (exact) mass is 361 g/mol. The Morgan fingerprint density at radius 2 is 1.78 bits per heavy atom. The van der Waals surface area contributed by atoms with Gasteiger partial charge < -0.3 is 15.4 Å². The summed E-state index contributed by atoms with van der Waals surface area (Å²) in [5, 5.41) is 5.93. The van der Waals surface area contributed by atoms with Crippen molar-refractivity contribution < 1.29 is 14.3 Å². The molecule has 0 saturated carbocycles. The molecule has 6 heteroatoms. The number of carbonyl (C=O) groups excluding carboxylic acids is 2. The number of nitrogens with one attached hydrogen (secondary N) is 2. The van der Waals surface area contributed by atoms with Gasteiger partial charge in [-0.3, -0.25) is 4.79 Å². The molecule has 136 valence electrons. The first-order valence-electron chi connectivity index (χ1n) is 8.39. The fourth-order valence-electron chi connectivity index (χ4n) is 2.52. The van der Waals surface area contributed by atoms with Gasteiger partial charge in [-0.25, -0.2) is 9.78 Å². The molecule has 3 rings (SSSR count). The van der Waals surface area contributed by atoms with Crippen molar-refractivity contribution in [2.75, 3.05) is 17.7 Å². The number of nitrogens with zero attached hydrogens (tertiary/aromatic N) is 1. The van der Waals surface area contributed by atoms with Gasteiger partial charge in [0.1, 0.15) is 5.82 Å². The lowest BCUT2D eigenvalue weighted by Crippen LogP contribution is -2.14. The Morgan fingerprint density at radius 3 is 2.48 bits per heavy atom. The number of hydrogen-bond donors (Lipinski definition) is 2. The molecule has 0 fully saturated rings. The molecule has 2 aromatic carbocycles. The Labute approximate surface area is 157 Å². The first kappa shape index (κ1) is 18.1. The molecule has 1 amide bonds. The summed E-state index contributed by atoms with van der Waals surface area (Å²) in [4.78, 5) is 28.0. The Balaban J connectivity index is 1.60. The maximum absolute atomic E-state index is 12.1. The van der Waals surface area contributed by atoms with Crippen LogP contribution in [0, 0.1) is 0 Å². The van der Waals surface area contributed by atoms with Crippen LogP contribution in [0.3, 0.4) is 0 Å². The topological polar surface area (TPSA) is 80.3 Å². The Bertz CT molecular complexity index is 925. The number of methoxy groups -OCH3 is 1. The van der Waals surface area contributed by atoms with Crippen LogP contribution < -0.4 is 10.6 Å². The number of aromatic nitrogens is 1. The molecule has 0 unspecified atom stereocenters.